The fourth-order valence-corrected chi connectivity index (χ4v) is 1.95. The molecule has 1 amide bonds. The number of anilines is 1. The van der Waals surface area contributed by atoms with Crippen LogP contribution < -0.4 is 11.1 Å². The van der Waals surface area contributed by atoms with Crippen LogP contribution in [0.4, 0.5) is 5.69 Å². The largest absolute Gasteiger partial charge is 0.397 e. The van der Waals surface area contributed by atoms with Gasteiger partial charge in [0.25, 0.3) is 5.91 Å². The Morgan fingerprint density at radius 3 is 2.79 bits per heavy atom. The van der Waals surface area contributed by atoms with Crippen molar-refractivity contribution in [3.63, 3.8) is 0 Å². The molecule has 0 atom stereocenters. The Morgan fingerprint density at radius 2 is 2.16 bits per heavy atom. The van der Waals surface area contributed by atoms with Crippen molar-refractivity contribution in [1.29, 1.82) is 0 Å². The van der Waals surface area contributed by atoms with Crippen LogP contribution in [-0.4, -0.2) is 17.4 Å². The summed E-state index contributed by atoms with van der Waals surface area (Å²) in [6, 6.07) is 3.41. The SMILES string of the molecule is CCCCCC(C)(C)CNC(=O)c1ncccc1N. The maximum Gasteiger partial charge on any atom is 0.272 e. The fourth-order valence-electron chi connectivity index (χ4n) is 1.95. The van der Waals surface area contributed by atoms with Crippen LogP contribution in [0.2, 0.25) is 0 Å². The van der Waals surface area contributed by atoms with Gasteiger partial charge < -0.3 is 11.1 Å². The molecule has 0 saturated carbocycles. The average Bonchev–Trinajstić information content (AvgIpc) is 2.37. The van der Waals surface area contributed by atoms with E-state index in [1.165, 1.54) is 19.3 Å². The highest BCUT2D eigenvalue weighted by Gasteiger charge is 2.19. The number of nitrogen functional groups attached to an aromatic ring is 1. The third kappa shape index (κ3) is 5.28. The average molecular weight is 263 g/mol. The van der Waals surface area contributed by atoms with E-state index in [4.69, 9.17) is 5.73 Å². The minimum Gasteiger partial charge on any atom is -0.397 e. The first-order valence-corrected chi connectivity index (χ1v) is 6.95. The predicted molar refractivity (Wildman–Crippen MR) is 78.9 cm³/mol. The van der Waals surface area contributed by atoms with Gasteiger partial charge in [0.2, 0.25) is 0 Å². The number of carbonyl (C=O) groups excluding carboxylic acids is 1. The monoisotopic (exact) mass is 263 g/mol. The van der Waals surface area contributed by atoms with Crippen LogP contribution in [0.15, 0.2) is 18.3 Å². The molecule has 0 fully saturated rings. The van der Waals surface area contributed by atoms with Gasteiger partial charge in [-0.25, -0.2) is 4.98 Å². The molecule has 3 N–H and O–H groups in total. The first-order chi connectivity index (χ1) is 8.96. The normalized spacial score (nSPS) is 11.3. The second-order valence-corrected chi connectivity index (χ2v) is 5.75. The van der Waals surface area contributed by atoms with E-state index in [1.54, 1.807) is 18.3 Å². The smallest absolute Gasteiger partial charge is 0.272 e. The minimum absolute atomic E-state index is 0.106. The van der Waals surface area contributed by atoms with E-state index in [1.807, 2.05) is 0 Å². The van der Waals surface area contributed by atoms with Crippen molar-refractivity contribution in [1.82, 2.24) is 10.3 Å². The van der Waals surface area contributed by atoms with Gasteiger partial charge in [-0.1, -0.05) is 40.0 Å². The van der Waals surface area contributed by atoms with E-state index in [0.717, 1.165) is 6.42 Å². The van der Waals surface area contributed by atoms with Crippen molar-refractivity contribution < 1.29 is 4.79 Å². The summed E-state index contributed by atoms with van der Waals surface area (Å²) in [5.74, 6) is -0.193. The summed E-state index contributed by atoms with van der Waals surface area (Å²) in [4.78, 5) is 16.0. The van der Waals surface area contributed by atoms with Crippen LogP contribution in [0.3, 0.4) is 0 Å². The van der Waals surface area contributed by atoms with Gasteiger partial charge >= 0.3 is 0 Å². The van der Waals surface area contributed by atoms with Crippen LogP contribution in [0.25, 0.3) is 0 Å². The molecule has 19 heavy (non-hydrogen) atoms. The van der Waals surface area contributed by atoms with Gasteiger partial charge in [0.15, 0.2) is 5.69 Å². The molecule has 4 nitrogen and oxygen atoms in total. The van der Waals surface area contributed by atoms with E-state index in [9.17, 15) is 4.79 Å². The molecule has 0 unspecified atom stereocenters. The summed E-state index contributed by atoms with van der Waals surface area (Å²) in [6.07, 6.45) is 6.35. The lowest BCUT2D eigenvalue weighted by atomic mass is 9.87. The number of aromatic nitrogens is 1. The van der Waals surface area contributed by atoms with Crippen molar-refractivity contribution in [3.8, 4) is 0 Å². The molecule has 0 spiro atoms. The highest BCUT2D eigenvalue weighted by Crippen LogP contribution is 2.22. The van der Waals surface area contributed by atoms with E-state index < -0.39 is 0 Å². The summed E-state index contributed by atoms with van der Waals surface area (Å²) >= 11 is 0. The molecule has 0 aliphatic rings. The zero-order valence-electron chi connectivity index (χ0n) is 12.2. The zero-order chi connectivity index (χ0) is 14.3. The fraction of sp³-hybridized carbons (Fsp3) is 0.600. The number of amides is 1. The molecular formula is C15H25N3O. The van der Waals surface area contributed by atoms with Crippen molar-refractivity contribution in [2.45, 2.75) is 46.5 Å². The standard InChI is InChI=1S/C15H25N3O/c1-4-5-6-9-15(2,3)11-18-14(19)13-12(16)8-7-10-17-13/h7-8,10H,4-6,9,11,16H2,1-3H3,(H,18,19). The Labute approximate surface area is 115 Å². The number of hydrogen-bond donors (Lipinski definition) is 2. The van der Waals surface area contributed by atoms with Gasteiger partial charge in [0.1, 0.15) is 0 Å². The van der Waals surface area contributed by atoms with Crippen molar-refractivity contribution >= 4 is 11.6 Å². The van der Waals surface area contributed by atoms with Crippen molar-refractivity contribution in [2.75, 3.05) is 12.3 Å². The van der Waals surface area contributed by atoms with Crippen LogP contribution in [0, 0.1) is 5.41 Å². The Balaban J connectivity index is 2.47. The van der Waals surface area contributed by atoms with Crippen LogP contribution in [-0.2, 0) is 0 Å². The minimum atomic E-state index is -0.193. The van der Waals surface area contributed by atoms with Gasteiger partial charge in [-0.15, -0.1) is 0 Å². The highest BCUT2D eigenvalue weighted by atomic mass is 16.1. The lowest BCUT2D eigenvalue weighted by molar-refractivity contribution is 0.0930. The summed E-state index contributed by atoms with van der Waals surface area (Å²) in [7, 11) is 0. The summed E-state index contributed by atoms with van der Waals surface area (Å²) in [5, 5.41) is 2.93. The summed E-state index contributed by atoms with van der Waals surface area (Å²) in [5.41, 5.74) is 6.57. The van der Waals surface area contributed by atoms with Gasteiger partial charge in [-0.05, 0) is 24.0 Å². The third-order valence-electron chi connectivity index (χ3n) is 3.24. The van der Waals surface area contributed by atoms with Gasteiger partial charge in [-0.3, -0.25) is 4.79 Å². The van der Waals surface area contributed by atoms with Crippen LogP contribution in [0.1, 0.15) is 56.9 Å². The molecule has 0 saturated heterocycles. The van der Waals surface area contributed by atoms with Gasteiger partial charge in [0.05, 0.1) is 5.69 Å². The zero-order valence-corrected chi connectivity index (χ0v) is 12.2. The van der Waals surface area contributed by atoms with Crippen LogP contribution in [0.5, 0.6) is 0 Å². The molecule has 1 heterocycles. The molecule has 1 aromatic rings. The van der Waals surface area contributed by atoms with E-state index >= 15 is 0 Å². The number of nitrogens with one attached hydrogen (secondary N) is 1. The van der Waals surface area contributed by atoms with Gasteiger partial charge in [0, 0.05) is 12.7 Å². The Morgan fingerprint density at radius 1 is 1.42 bits per heavy atom. The first-order valence-electron chi connectivity index (χ1n) is 6.95. The summed E-state index contributed by atoms with van der Waals surface area (Å²) in [6.45, 7) is 7.18. The van der Waals surface area contributed by atoms with Crippen molar-refractivity contribution in [2.24, 2.45) is 5.41 Å². The Hall–Kier alpha value is -1.58. The molecule has 0 radical (unpaired) electrons. The maximum atomic E-state index is 12.0. The molecular weight excluding hydrogens is 238 g/mol. The first kappa shape index (κ1) is 15.5. The number of rotatable bonds is 7. The van der Waals surface area contributed by atoms with Gasteiger partial charge in [-0.2, -0.15) is 0 Å². The molecule has 0 aliphatic carbocycles. The molecule has 0 bridgehead atoms. The Kier molecular flexibility index (Phi) is 5.80. The van der Waals surface area contributed by atoms with E-state index in [0.29, 0.717) is 17.9 Å². The molecule has 4 heteroatoms. The van der Waals surface area contributed by atoms with Crippen molar-refractivity contribution in [3.05, 3.63) is 24.0 Å². The Bertz CT molecular complexity index is 416. The third-order valence-corrected chi connectivity index (χ3v) is 3.24. The molecule has 106 valence electrons. The number of nitrogens with two attached hydrogens (primary N) is 1. The van der Waals surface area contributed by atoms with E-state index in [2.05, 4.69) is 31.1 Å². The lowest BCUT2D eigenvalue weighted by Crippen LogP contribution is -2.34. The second-order valence-electron chi connectivity index (χ2n) is 5.75. The molecule has 0 aliphatic heterocycles. The number of unbranched alkanes of at least 4 members (excludes halogenated alkanes) is 2. The lowest BCUT2D eigenvalue weighted by Gasteiger charge is -2.25. The maximum absolute atomic E-state index is 12.0. The van der Waals surface area contributed by atoms with E-state index in [-0.39, 0.29) is 11.3 Å². The topological polar surface area (TPSA) is 68.0 Å². The predicted octanol–water partition coefficient (Wildman–Crippen LogP) is 3.00. The molecule has 0 aromatic carbocycles. The number of carbonyl (C=O) groups is 1. The molecule has 1 aromatic heterocycles. The van der Waals surface area contributed by atoms with Crippen LogP contribution >= 0.6 is 0 Å². The number of hydrogen-bond acceptors (Lipinski definition) is 3. The summed E-state index contributed by atoms with van der Waals surface area (Å²) < 4.78 is 0. The second kappa shape index (κ2) is 7.12. The quantitative estimate of drug-likeness (QED) is 0.743. The number of nitrogens with zero attached hydrogens (tertiary/aromatic N) is 1. The molecule has 1 rings (SSSR count). The highest BCUT2D eigenvalue weighted by molar-refractivity contribution is 5.96. The number of pyridine rings is 1.